The molecule has 0 atom stereocenters. The van der Waals surface area contributed by atoms with Gasteiger partial charge in [-0.25, -0.2) is 8.42 Å². The molecule has 0 radical (unpaired) electrons. The normalized spacial score (nSPS) is 11.7. The maximum Gasteiger partial charge on any atom is 0.271 e. The lowest BCUT2D eigenvalue weighted by Gasteiger charge is -2.10. The van der Waals surface area contributed by atoms with Crippen molar-refractivity contribution in [2.45, 2.75) is 11.1 Å². The highest BCUT2D eigenvalue weighted by Gasteiger charge is 2.18. The molecule has 3 rings (SSSR count). The van der Waals surface area contributed by atoms with Crippen molar-refractivity contribution >= 4 is 53.9 Å². The van der Waals surface area contributed by atoms with Crippen LogP contribution < -0.4 is 4.72 Å². The van der Waals surface area contributed by atoms with E-state index in [2.05, 4.69) is 25.6 Å². The van der Waals surface area contributed by atoms with Gasteiger partial charge in [-0.05, 0) is 47.1 Å². The Morgan fingerprint density at radius 3 is 2.67 bits per heavy atom. The average molecular weight is 383 g/mol. The van der Waals surface area contributed by atoms with Gasteiger partial charge < -0.3 is 0 Å². The number of pyridine rings is 1. The van der Waals surface area contributed by atoms with Gasteiger partial charge in [-0.15, -0.1) is 11.3 Å². The van der Waals surface area contributed by atoms with Gasteiger partial charge in [0, 0.05) is 11.1 Å². The predicted octanol–water partition coefficient (Wildman–Crippen LogP) is 4.17. The Morgan fingerprint density at radius 2 is 1.95 bits per heavy atom. The fourth-order valence-electron chi connectivity index (χ4n) is 2.03. The Kier molecular flexibility index (Phi) is 3.73. The lowest BCUT2D eigenvalue weighted by Crippen LogP contribution is -2.12. The first-order valence-corrected chi connectivity index (χ1v) is 9.19. The van der Waals surface area contributed by atoms with E-state index in [4.69, 9.17) is 0 Å². The van der Waals surface area contributed by atoms with Gasteiger partial charge >= 0.3 is 0 Å². The fraction of sp³-hybridized carbons (Fsp3) is 0.0714. The molecule has 21 heavy (non-hydrogen) atoms. The molecular formula is C14H11BrN2O2S2. The standard InChI is InChI=1S/C14H11BrN2O2S2/c1-9-8-12(10-4-2-3-5-11(10)16-9)17-21(18,19)14-7-6-13(15)20-14/h2-8H,1H3,(H,16,17). The smallest absolute Gasteiger partial charge is 0.271 e. The largest absolute Gasteiger partial charge is 0.278 e. The Labute approximate surface area is 135 Å². The van der Waals surface area contributed by atoms with Crippen molar-refractivity contribution in [3.63, 3.8) is 0 Å². The third-order valence-corrected chi connectivity index (χ3v) is 6.38. The lowest BCUT2D eigenvalue weighted by molar-refractivity contribution is 0.603. The fourth-order valence-corrected chi connectivity index (χ4v) is 5.11. The third-order valence-electron chi connectivity index (χ3n) is 2.90. The number of nitrogens with one attached hydrogen (secondary N) is 1. The van der Waals surface area contributed by atoms with E-state index in [0.29, 0.717) is 5.69 Å². The number of hydrogen-bond donors (Lipinski definition) is 1. The summed E-state index contributed by atoms with van der Waals surface area (Å²) in [6, 6.07) is 12.5. The monoisotopic (exact) mass is 382 g/mol. The van der Waals surface area contributed by atoms with Crippen molar-refractivity contribution in [3.8, 4) is 0 Å². The Bertz CT molecular complexity index is 920. The number of hydrogen-bond acceptors (Lipinski definition) is 4. The molecule has 0 unspecified atom stereocenters. The van der Waals surface area contributed by atoms with Crippen molar-refractivity contribution < 1.29 is 8.42 Å². The molecule has 7 heteroatoms. The molecule has 0 aliphatic carbocycles. The van der Waals surface area contributed by atoms with E-state index < -0.39 is 10.0 Å². The molecule has 4 nitrogen and oxygen atoms in total. The second-order valence-corrected chi connectivity index (χ2v) is 8.86. The molecule has 0 aliphatic heterocycles. The van der Waals surface area contributed by atoms with Crippen LogP contribution in [-0.2, 0) is 10.0 Å². The Balaban J connectivity index is 2.09. The lowest BCUT2D eigenvalue weighted by atomic mass is 10.2. The number of sulfonamides is 1. The number of benzene rings is 1. The van der Waals surface area contributed by atoms with E-state index in [9.17, 15) is 8.42 Å². The molecule has 0 saturated heterocycles. The molecule has 0 bridgehead atoms. The summed E-state index contributed by atoms with van der Waals surface area (Å²) in [4.78, 5) is 4.40. The summed E-state index contributed by atoms with van der Waals surface area (Å²) in [7, 11) is -3.59. The number of para-hydroxylation sites is 1. The number of aryl methyl sites for hydroxylation is 1. The molecule has 0 amide bonds. The first-order valence-electron chi connectivity index (χ1n) is 6.10. The van der Waals surface area contributed by atoms with Crippen LogP contribution in [0.3, 0.4) is 0 Å². The minimum Gasteiger partial charge on any atom is -0.278 e. The topological polar surface area (TPSA) is 59.1 Å². The molecule has 0 aliphatic rings. The van der Waals surface area contributed by atoms with Gasteiger partial charge in [0.1, 0.15) is 4.21 Å². The number of nitrogens with zero attached hydrogens (tertiary/aromatic N) is 1. The van der Waals surface area contributed by atoms with Crippen molar-refractivity contribution in [1.29, 1.82) is 0 Å². The van der Waals surface area contributed by atoms with Gasteiger partial charge in [0.15, 0.2) is 0 Å². The highest BCUT2D eigenvalue weighted by molar-refractivity contribution is 9.11. The highest BCUT2D eigenvalue weighted by Crippen LogP contribution is 2.30. The number of fused-ring (bicyclic) bond motifs is 1. The van der Waals surface area contributed by atoms with Gasteiger partial charge in [-0.1, -0.05) is 18.2 Å². The average Bonchev–Trinajstić information content (AvgIpc) is 2.86. The van der Waals surface area contributed by atoms with Gasteiger partial charge in [0.25, 0.3) is 10.0 Å². The van der Waals surface area contributed by atoms with Crippen LogP contribution >= 0.6 is 27.3 Å². The first-order chi connectivity index (χ1) is 9.95. The molecule has 108 valence electrons. The van der Waals surface area contributed by atoms with Crippen LogP contribution in [0.5, 0.6) is 0 Å². The van der Waals surface area contributed by atoms with Crippen molar-refractivity contribution in [2.24, 2.45) is 0 Å². The van der Waals surface area contributed by atoms with Crippen LogP contribution in [0.4, 0.5) is 5.69 Å². The summed E-state index contributed by atoms with van der Waals surface area (Å²) < 4.78 is 28.6. The Morgan fingerprint density at radius 1 is 1.19 bits per heavy atom. The zero-order chi connectivity index (χ0) is 15.0. The van der Waals surface area contributed by atoms with Crippen LogP contribution in [0.25, 0.3) is 10.9 Å². The van der Waals surface area contributed by atoms with Crippen LogP contribution in [0.15, 0.2) is 50.5 Å². The van der Waals surface area contributed by atoms with Crippen molar-refractivity contribution in [3.05, 3.63) is 51.9 Å². The number of halogens is 1. The summed E-state index contributed by atoms with van der Waals surface area (Å²) in [6.45, 7) is 1.84. The first kappa shape index (κ1) is 14.5. The summed E-state index contributed by atoms with van der Waals surface area (Å²) >= 11 is 4.45. The molecule has 0 spiro atoms. The zero-order valence-corrected chi connectivity index (χ0v) is 14.2. The summed E-state index contributed by atoms with van der Waals surface area (Å²) in [6.07, 6.45) is 0. The molecule has 1 N–H and O–H groups in total. The summed E-state index contributed by atoms with van der Waals surface area (Å²) in [5.74, 6) is 0. The number of aromatic nitrogens is 1. The molecule has 0 saturated carbocycles. The van der Waals surface area contributed by atoms with E-state index in [1.54, 1.807) is 18.2 Å². The molecular weight excluding hydrogens is 372 g/mol. The van der Waals surface area contributed by atoms with E-state index in [-0.39, 0.29) is 4.21 Å². The Hall–Kier alpha value is -1.44. The van der Waals surface area contributed by atoms with Crippen LogP contribution in [0.1, 0.15) is 5.69 Å². The van der Waals surface area contributed by atoms with Gasteiger partial charge in [-0.2, -0.15) is 0 Å². The maximum absolute atomic E-state index is 12.4. The molecule has 2 heterocycles. The predicted molar refractivity (Wildman–Crippen MR) is 89.3 cm³/mol. The molecule has 3 aromatic rings. The number of thiophene rings is 1. The summed E-state index contributed by atoms with van der Waals surface area (Å²) in [5, 5.41) is 0.780. The zero-order valence-electron chi connectivity index (χ0n) is 11.0. The second kappa shape index (κ2) is 5.40. The molecule has 2 aromatic heterocycles. The number of anilines is 1. The van der Waals surface area contributed by atoms with E-state index >= 15 is 0 Å². The van der Waals surface area contributed by atoms with Crippen LogP contribution in [0.2, 0.25) is 0 Å². The minimum atomic E-state index is -3.59. The summed E-state index contributed by atoms with van der Waals surface area (Å²) in [5.41, 5.74) is 2.07. The van der Waals surface area contributed by atoms with Gasteiger partial charge in [-0.3, -0.25) is 9.71 Å². The van der Waals surface area contributed by atoms with Gasteiger partial charge in [0.05, 0.1) is 15.0 Å². The second-order valence-electron chi connectivity index (χ2n) is 4.49. The third kappa shape index (κ3) is 2.95. The number of rotatable bonds is 3. The van der Waals surface area contributed by atoms with E-state index in [0.717, 1.165) is 20.4 Å². The van der Waals surface area contributed by atoms with E-state index in [1.165, 1.54) is 11.3 Å². The SMILES string of the molecule is Cc1cc(NS(=O)(=O)c2ccc(Br)s2)c2ccccc2n1. The van der Waals surface area contributed by atoms with Crippen LogP contribution in [-0.4, -0.2) is 13.4 Å². The van der Waals surface area contributed by atoms with Crippen LogP contribution in [0, 0.1) is 6.92 Å². The van der Waals surface area contributed by atoms with Gasteiger partial charge in [0.2, 0.25) is 0 Å². The van der Waals surface area contributed by atoms with E-state index in [1.807, 2.05) is 31.2 Å². The highest BCUT2D eigenvalue weighted by atomic mass is 79.9. The quantitative estimate of drug-likeness (QED) is 0.739. The van der Waals surface area contributed by atoms with Crippen molar-refractivity contribution in [1.82, 2.24) is 4.98 Å². The maximum atomic E-state index is 12.4. The molecule has 1 aromatic carbocycles. The molecule has 0 fully saturated rings. The minimum absolute atomic E-state index is 0.271. The van der Waals surface area contributed by atoms with Crippen molar-refractivity contribution in [2.75, 3.05) is 4.72 Å².